The lowest BCUT2D eigenvalue weighted by atomic mass is 10.0. The standard InChI is InChI=1S/C25H28Cl2N2O2/c1-2-31-25(30)15-18-8-9-20-16-24(27)29(23(20)14-18)21-10-12-28(13-11-21)17-22(26)19-6-4-3-5-7-19/h3-9,14,16,21-22H,2,10-13,15,17H2,1H3. The van der Waals surface area contributed by atoms with E-state index in [1.54, 1.807) is 0 Å². The van der Waals surface area contributed by atoms with Crippen molar-refractivity contribution in [3.8, 4) is 0 Å². The summed E-state index contributed by atoms with van der Waals surface area (Å²) in [7, 11) is 0. The van der Waals surface area contributed by atoms with E-state index in [1.807, 2.05) is 43.3 Å². The Hall–Kier alpha value is -2.01. The zero-order valence-electron chi connectivity index (χ0n) is 17.8. The third kappa shape index (κ3) is 5.25. The van der Waals surface area contributed by atoms with Gasteiger partial charge in [0.25, 0.3) is 0 Å². The number of ether oxygens (including phenoxy) is 1. The SMILES string of the molecule is CCOC(=O)Cc1ccc2cc(Cl)n(C3CCN(CC(Cl)c4ccccc4)CC3)c2c1. The highest BCUT2D eigenvalue weighted by molar-refractivity contribution is 6.31. The third-order valence-corrected chi connectivity index (χ3v) is 6.70. The molecule has 0 spiro atoms. The molecule has 0 aliphatic carbocycles. The molecule has 1 unspecified atom stereocenters. The minimum absolute atomic E-state index is 0.000758. The molecule has 6 heteroatoms. The first-order chi connectivity index (χ1) is 15.0. The maximum atomic E-state index is 11.9. The van der Waals surface area contributed by atoms with E-state index < -0.39 is 0 Å². The zero-order valence-corrected chi connectivity index (χ0v) is 19.3. The second-order valence-electron chi connectivity index (χ2n) is 8.12. The number of benzene rings is 2. The average molecular weight is 459 g/mol. The molecular formula is C25H28Cl2N2O2. The van der Waals surface area contributed by atoms with Gasteiger partial charge in [-0.3, -0.25) is 4.79 Å². The topological polar surface area (TPSA) is 34.5 Å². The van der Waals surface area contributed by atoms with Gasteiger partial charge in [0, 0.05) is 36.6 Å². The van der Waals surface area contributed by atoms with E-state index in [-0.39, 0.29) is 17.8 Å². The molecule has 1 atom stereocenters. The van der Waals surface area contributed by atoms with Crippen molar-refractivity contribution in [1.29, 1.82) is 0 Å². The summed E-state index contributed by atoms with van der Waals surface area (Å²) in [6.45, 7) is 5.04. The van der Waals surface area contributed by atoms with E-state index in [0.29, 0.717) is 12.6 Å². The number of alkyl halides is 1. The Morgan fingerprint density at radius 1 is 1.13 bits per heavy atom. The Balaban J connectivity index is 1.44. The summed E-state index contributed by atoms with van der Waals surface area (Å²) in [4.78, 5) is 14.3. The van der Waals surface area contributed by atoms with Crippen LogP contribution in [0.2, 0.25) is 5.15 Å². The molecule has 0 bridgehead atoms. The summed E-state index contributed by atoms with van der Waals surface area (Å²) in [5, 5.41) is 1.85. The fourth-order valence-corrected chi connectivity index (χ4v) is 5.13. The number of piperidine rings is 1. The van der Waals surface area contributed by atoms with Crippen molar-refractivity contribution in [2.75, 3.05) is 26.2 Å². The van der Waals surface area contributed by atoms with Crippen molar-refractivity contribution >= 4 is 40.1 Å². The zero-order chi connectivity index (χ0) is 21.8. The van der Waals surface area contributed by atoms with Gasteiger partial charge in [-0.1, -0.05) is 54.1 Å². The maximum Gasteiger partial charge on any atom is 0.310 e. The summed E-state index contributed by atoms with van der Waals surface area (Å²) in [6, 6.07) is 18.7. The number of carbonyl (C=O) groups excluding carboxylic acids is 1. The van der Waals surface area contributed by atoms with Crippen LogP contribution in [-0.4, -0.2) is 41.7 Å². The fraction of sp³-hybridized carbons (Fsp3) is 0.400. The number of fused-ring (bicyclic) bond motifs is 1. The number of likely N-dealkylation sites (tertiary alicyclic amines) is 1. The van der Waals surface area contributed by atoms with Crippen molar-refractivity contribution in [2.24, 2.45) is 0 Å². The summed E-state index contributed by atoms with van der Waals surface area (Å²) in [5.74, 6) is -0.201. The van der Waals surface area contributed by atoms with Crippen LogP contribution in [0.25, 0.3) is 10.9 Å². The van der Waals surface area contributed by atoms with E-state index in [2.05, 4.69) is 27.7 Å². The second kappa shape index (κ2) is 10.1. The van der Waals surface area contributed by atoms with Crippen molar-refractivity contribution < 1.29 is 9.53 Å². The Bertz CT molecular complexity index is 1030. The van der Waals surface area contributed by atoms with Gasteiger partial charge in [-0.25, -0.2) is 0 Å². The van der Waals surface area contributed by atoms with Crippen LogP contribution in [-0.2, 0) is 16.0 Å². The molecule has 31 heavy (non-hydrogen) atoms. The van der Waals surface area contributed by atoms with E-state index >= 15 is 0 Å². The minimum atomic E-state index is -0.201. The number of aromatic nitrogens is 1. The number of hydrogen-bond acceptors (Lipinski definition) is 3. The first-order valence-electron chi connectivity index (χ1n) is 10.9. The second-order valence-corrected chi connectivity index (χ2v) is 9.04. The lowest BCUT2D eigenvalue weighted by molar-refractivity contribution is -0.142. The fourth-order valence-electron chi connectivity index (χ4n) is 4.45. The van der Waals surface area contributed by atoms with Crippen LogP contribution in [0, 0.1) is 0 Å². The first kappa shape index (κ1) is 22.2. The average Bonchev–Trinajstić information content (AvgIpc) is 3.10. The number of esters is 1. The molecule has 4 rings (SSSR count). The Morgan fingerprint density at radius 2 is 1.87 bits per heavy atom. The normalized spacial score (nSPS) is 16.5. The van der Waals surface area contributed by atoms with Gasteiger partial charge in [-0.15, -0.1) is 11.6 Å². The highest BCUT2D eigenvalue weighted by Crippen LogP contribution is 2.34. The molecule has 0 amide bonds. The van der Waals surface area contributed by atoms with Gasteiger partial charge in [0.2, 0.25) is 0 Å². The molecule has 1 aliphatic rings. The molecule has 0 radical (unpaired) electrons. The van der Waals surface area contributed by atoms with Gasteiger partial charge >= 0.3 is 5.97 Å². The van der Waals surface area contributed by atoms with Crippen molar-refractivity contribution in [3.05, 3.63) is 70.9 Å². The minimum Gasteiger partial charge on any atom is -0.466 e. The van der Waals surface area contributed by atoms with E-state index in [4.69, 9.17) is 27.9 Å². The summed E-state index contributed by atoms with van der Waals surface area (Å²) in [6.07, 6.45) is 2.32. The summed E-state index contributed by atoms with van der Waals surface area (Å²) >= 11 is 13.3. The Kier molecular flexibility index (Phi) is 7.21. The molecule has 1 saturated heterocycles. The van der Waals surface area contributed by atoms with Crippen LogP contribution in [0.4, 0.5) is 0 Å². The molecule has 2 heterocycles. The van der Waals surface area contributed by atoms with Crippen molar-refractivity contribution in [3.63, 3.8) is 0 Å². The number of rotatable bonds is 7. The summed E-state index contributed by atoms with van der Waals surface area (Å²) in [5.41, 5.74) is 3.21. The highest BCUT2D eigenvalue weighted by atomic mass is 35.5. The monoisotopic (exact) mass is 458 g/mol. The van der Waals surface area contributed by atoms with Crippen LogP contribution < -0.4 is 0 Å². The van der Waals surface area contributed by atoms with Gasteiger partial charge in [-0.2, -0.15) is 0 Å². The van der Waals surface area contributed by atoms with Gasteiger partial charge < -0.3 is 14.2 Å². The van der Waals surface area contributed by atoms with Crippen LogP contribution in [0.1, 0.15) is 42.3 Å². The Labute approximate surface area is 193 Å². The van der Waals surface area contributed by atoms with Crippen LogP contribution in [0.3, 0.4) is 0 Å². The lowest BCUT2D eigenvalue weighted by Crippen LogP contribution is -2.36. The molecule has 164 valence electrons. The van der Waals surface area contributed by atoms with Crippen molar-refractivity contribution in [2.45, 2.75) is 37.6 Å². The molecule has 2 aromatic carbocycles. The largest absolute Gasteiger partial charge is 0.466 e. The van der Waals surface area contributed by atoms with Crippen molar-refractivity contribution in [1.82, 2.24) is 9.47 Å². The van der Waals surface area contributed by atoms with Gasteiger partial charge in [0.15, 0.2) is 0 Å². The third-order valence-electron chi connectivity index (χ3n) is 6.01. The number of carbonyl (C=O) groups is 1. The first-order valence-corrected chi connectivity index (χ1v) is 11.7. The molecule has 0 saturated carbocycles. The molecule has 0 N–H and O–H groups in total. The Morgan fingerprint density at radius 3 is 2.58 bits per heavy atom. The quantitative estimate of drug-likeness (QED) is 0.320. The van der Waals surface area contributed by atoms with Crippen LogP contribution in [0.5, 0.6) is 0 Å². The van der Waals surface area contributed by atoms with Crippen LogP contribution >= 0.6 is 23.2 Å². The van der Waals surface area contributed by atoms with Gasteiger partial charge in [0.05, 0.1) is 18.4 Å². The molecule has 3 aromatic rings. The van der Waals surface area contributed by atoms with Gasteiger partial charge in [-0.05, 0) is 43.0 Å². The lowest BCUT2D eigenvalue weighted by Gasteiger charge is -2.34. The van der Waals surface area contributed by atoms with Crippen LogP contribution in [0.15, 0.2) is 54.6 Å². The number of hydrogen-bond donors (Lipinski definition) is 0. The maximum absolute atomic E-state index is 11.9. The molecule has 1 aromatic heterocycles. The molecular weight excluding hydrogens is 431 g/mol. The summed E-state index contributed by atoms with van der Waals surface area (Å²) < 4.78 is 7.33. The molecule has 1 aliphatic heterocycles. The predicted octanol–water partition coefficient (Wildman–Crippen LogP) is 6.02. The van der Waals surface area contributed by atoms with Gasteiger partial charge in [0.1, 0.15) is 5.15 Å². The van der Waals surface area contributed by atoms with E-state index in [1.165, 1.54) is 5.56 Å². The highest BCUT2D eigenvalue weighted by Gasteiger charge is 2.25. The van der Waals surface area contributed by atoms with E-state index in [0.717, 1.165) is 54.1 Å². The van der Waals surface area contributed by atoms with E-state index in [9.17, 15) is 4.79 Å². The number of nitrogens with zero attached hydrogens (tertiary/aromatic N) is 2. The molecule has 4 nitrogen and oxygen atoms in total. The predicted molar refractivity (Wildman–Crippen MR) is 127 cm³/mol. The smallest absolute Gasteiger partial charge is 0.310 e. The molecule has 1 fully saturated rings. The number of halogens is 2.